The van der Waals surface area contributed by atoms with Crippen molar-refractivity contribution in [3.63, 3.8) is 0 Å². The zero-order valence-corrected chi connectivity index (χ0v) is 18.0. The molecule has 0 atom stereocenters. The van der Waals surface area contributed by atoms with Gasteiger partial charge in [-0.05, 0) is 42.7 Å². The molecule has 0 aliphatic heterocycles. The van der Waals surface area contributed by atoms with Crippen LogP contribution in [-0.2, 0) is 22.8 Å². The fourth-order valence-corrected chi connectivity index (χ4v) is 5.07. The molecule has 1 amide bonds. The van der Waals surface area contributed by atoms with Crippen LogP contribution in [0.25, 0.3) is 10.2 Å². The zero-order chi connectivity index (χ0) is 21.0. The summed E-state index contributed by atoms with van der Waals surface area (Å²) in [7, 11) is -3.55. The van der Waals surface area contributed by atoms with Gasteiger partial charge in [-0.2, -0.15) is 4.99 Å². The molecular formula is C22H22N2O3S2. The summed E-state index contributed by atoms with van der Waals surface area (Å²) in [4.78, 5) is 17.5. The molecule has 2 aromatic carbocycles. The molecule has 0 saturated heterocycles. The van der Waals surface area contributed by atoms with E-state index in [1.165, 1.54) is 29.0 Å². The summed E-state index contributed by atoms with van der Waals surface area (Å²) in [5.41, 5.74) is 2.20. The number of benzene rings is 2. The fourth-order valence-electron chi connectivity index (χ4n) is 3.10. The lowest BCUT2D eigenvalue weighted by Gasteiger charge is -2.04. The Balaban J connectivity index is 2.14. The second kappa shape index (κ2) is 8.76. The summed E-state index contributed by atoms with van der Waals surface area (Å²) in [6.45, 7) is 2.43. The van der Waals surface area contributed by atoms with E-state index in [1.807, 2.05) is 10.6 Å². The van der Waals surface area contributed by atoms with Crippen LogP contribution < -0.4 is 4.80 Å². The minimum absolute atomic E-state index is 0.0276. The number of unbranched alkanes of at least 4 members (excludes halogenated alkanes) is 1. The van der Waals surface area contributed by atoms with E-state index in [9.17, 15) is 13.2 Å². The second-order valence-corrected chi connectivity index (χ2v) is 9.76. The molecule has 7 heteroatoms. The predicted octanol–water partition coefficient (Wildman–Crippen LogP) is 3.82. The van der Waals surface area contributed by atoms with Gasteiger partial charge in [-0.1, -0.05) is 48.8 Å². The van der Waals surface area contributed by atoms with Crippen LogP contribution >= 0.6 is 11.3 Å². The number of aromatic nitrogens is 1. The minimum atomic E-state index is -3.55. The second-order valence-electron chi connectivity index (χ2n) is 6.77. The quantitative estimate of drug-likeness (QED) is 0.563. The third kappa shape index (κ3) is 4.66. The van der Waals surface area contributed by atoms with Crippen LogP contribution in [0, 0.1) is 12.3 Å². The first-order valence-electron chi connectivity index (χ1n) is 9.29. The number of hydrogen-bond acceptors (Lipinski definition) is 4. The number of nitrogens with zero attached hydrogens (tertiary/aromatic N) is 2. The van der Waals surface area contributed by atoms with Crippen molar-refractivity contribution in [3.05, 3.63) is 58.4 Å². The number of sulfone groups is 1. The van der Waals surface area contributed by atoms with Gasteiger partial charge in [0.15, 0.2) is 14.6 Å². The van der Waals surface area contributed by atoms with Crippen LogP contribution in [0.5, 0.6) is 0 Å². The number of terminal acetylenes is 1. The van der Waals surface area contributed by atoms with Crippen LogP contribution in [0.2, 0.25) is 0 Å². The molecule has 1 heterocycles. The molecule has 0 radical (unpaired) electrons. The van der Waals surface area contributed by atoms with Gasteiger partial charge in [0.05, 0.1) is 27.2 Å². The highest BCUT2D eigenvalue weighted by Gasteiger charge is 2.18. The maximum atomic E-state index is 12.8. The molecule has 0 aliphatic rings. The highest BCUT2D eigenvalue weighted by molar-refractivity contribution is 7.90. The minimum Gasteiger partial charge on any atom is -0.305 e. The van der Waals surface area contributed by atoms with Gasteiger partial charge in [0.1, 0.15) is 0 Å². The molecule has 0 fully saturated rings. The van der Waals surface area contributed by atoms with Crippen LogP contribution in [-0.4, -0.2) is 25.1 Å². The van der Waals surface area contributed by atoms with Crippen LogP contribution in [0.1, 0.15) is 35.7 Å². The normalized spacial score (nSPS) is 12.2. The van der Waals surface area contributed by atoms with Crippen LogP contribution in [0.4, 0.5) is 0 Å². The van der Waals surface area contributed by atoms with E-state index in [-0.39, 0.29) is 17.0 Å². The fraction of sp³-hybridized carbons (Fsp3) is 0.273. The van der Waals surface area contributed by atoms with Crippen molar-refractivity contribution in [1.82, 2.24) is 4.57 Å². The summed E-state index contributed by atoms with van der Waals surface area (Å²) < 4.78 is 26.9. The number of fused-ring (bicyclic) bond motifs is 1. The number of thiazole rings is 1. The number of rotatable bonds is 6. The molecule has 0 saturated carbocycles. The maximum absolute atomic E-state index is 12.8. The van der Waals surface area contributed by atoms with Crippen molar-refractivity contribution in [3.8, 4) is 12.3 Å². The molecule has 150 valence electrons. The monoisotopic (exact) mass is 426 g/mol. The van der Waals surface area contributed by atoms with E-state index in [1.54, 1.807) is 12.1 Å². The van der Waals surface area contributed by atoms with Gasteiger partial charge in [-0.15, -0.1) is 6.42 Å². The van der Waals surface area contributed by atoms with Gasteiger partial charge in [-0.3, -0.25) is 4.79 Å². The van der Waals surface area contributed by atoms with Gasteiger partial charge in [0, 0.05) is 6.26 Å². The standard InChI is InChI=1S/C22H22N2O3S2/c1-4-6-9-16-12-13-18-19(15-16)28-22(24(18)14-5-2)23-21(25)17-10-7-8-11-20(17)29(3,26)27/h2,7-8,10-13,15H,4,6,9,14H2,1,3H3. The smallest absolute Gasteiger partial charge is 0.280 e. The molecule has 1 aromatic heterocycles. The molecule has 3 aromatic rings. The van der Waals surface area contributed by atoms with Crippen molar-refractivity contribution >= 4 is 37.3 Å². The van der Waals surface area contributed by atoms with Crippen LogP contribution in [0.15, 0.2) is 52.4 Å². The molecule has 0 spiro atoms. The van der Waals surface area contributed by atoms with E-state index in [4.69, 9.17) is 6.42 Å². The SMILES string of the molecule is C#CCn1c(=NC(=O)c2ccccc2S(C)(=O)=O)sc2cc(CCCC)ccc21. The van der Waals surface area contributed by atoms with E-state index in [2.05, 4.69) is 30.0 Å². The number of hydrogen-bond donors (Lipinski definition) is 0. The number of carbonyl (C=O) groups is 1. The Labute approximate surface area is 174 Å². The Kier molecular flexibility index (Phi) is 6.36. The lowest BCUT2D eigenvalue weighted by molar-refractivity contribution is 0.0994. The summed E-state index contributed by atoms with van der Waals surface area (Å²) >= 11 is 1.38. The largest absolute Gasteiger partial charge is 0.305 e. The summed E-state index contributed by atoms with van der Waals surface area (Å²) in [5, 5.41) is 0. The van der Waals surface area contributed by atoms with Gasteiger partial charge in [0.25, 0.3) is 5.91 Å². The topological polar surface area (TPSA) is 68.5 Å². The van der Waals surface area contributed by atoms with Crippen molar-refractivity contribution in [2.24, 2.45) is 4.99 Å². The van der Waals surface area contributed by atoms with Gasteiger partial charge < -0.3 is 4.57 Å². The average Bonchev–Trinajstić information content (AvgIpc) is 3.02. The Hall–Kier alpha value is -2.69. The first-order valence-corrected chi connectivity index (χ1v) is 12.0. The maximum Gasteiger partial charge on any atom is 0.280 e. The molecule has 0 unspecified atom stereocenters. The Morgan fingerprint density at radius 3 is 2.69 bits per heavy atom. The van der Waals surface area contributed by atoms with E-state index >= 15 is 0 Å². The van der Waals surface area contributed by atoms with Crippen molar-refractivity contribution in [2.45, 2.75) is 37.6 Å². The number of aryl methyl sites for hydroxylation is 1. The molecule has 29 heavy (non-hydrogen) atoms. The summed E-state index contributed by atoms with van der Waals surface area (Å²) in [5.74, 6) is 2.00. The van der Waals surface area contributed by atoms with E-state index in [0.717, 1.165) is 35.7 Å². The molecule has 0 N–H and O–H groups in total. The lowest BCUT2D eigenvalue weighted by Crippen LogP contribution is -2.17. The summed E-state index contributed by atoms with van der Waals surface area (Å²) in [6.07, 6.45) is 9.83. The number of amides is 1. The van der Waals surface area contributed by atoms with Gasteiger partial charge in [0.2, 0.25) is 0 Å². The molecule has 3 rings (SSSR count). The Morgan fingerprint density at radius 1 is 1.24 bits per heavy atom. The van der Waals surface area contributed by atoms with Gasteiger partial charge >= 0.3 is 0 Å². The third-order valence-corrected chi connectivity index (χ3v) is 6.73. The average molecular weight is 427 g/mol. The first kappa shape index (κ1) is 21.0. The Morgan fingerprint density at radius 2 is 2.00 bits per heavy atom. The van der Waals surface area contributed by atoms with Crippen LogP contribution in [0.3, 0.4) is 0 Å². The van der Waals surface area contributed by atoms with Crippen molar-refractivity contribution in [1.29, 1.82) is 0 Å². The highest BCUT2D eigenvalue weighted by Crippen LogP contribution is 2.21. The third-order valence-electron chi connectivity index (χ3n) is 4.53. The van der Waals surface area contributed by atoms with Crippen molar-refractivity contribution < 1.29 is 13.2 Å². The number of carbonyl (C=O) groups excluding carboxylic acids is 1. The summed E-state index contributed by atoms with van der Waals surface area (Å²) in [6, 6.07) is 12.3. The molecular weight excluding hydrogens is 404 g/mol. The lowest BCUT2D eigenvalue weighted by atomic mass is 10.1. The molecule has 0 aliphatic carbocycles. The molecule has 0 bridgehead atoms. The van der Waals surface area contributed by atoms with Gasteiger partial charge in [-0.25, -0.2) is 8.42 Å². The first-order chi connectivity index (χ1) is 13.8. The van der Waals surface area contributed by atoms with E-state index in [0.29, 0.717) is 4.80 Å². The van der Waals surface area contributed by atoms with E-state index < -0.39 is 15.7 Å². The Bertz CT molecular complexity index is 1280. The molecule has 5 nitrogen and oxygen atoms in total. The highest BCUT2D eigenvalue weighted by atomic mass is 32.2. The zero-order valence-electron chi connectivity index (χ0n) is 16.4. The van der Waals surface area contributed by atoms with Crippen molar-refractivity contribution in [2.75, 3.05) is 6.26 Å². The predicted molar refractivity (Wildman–Crippen MR) is 117 cm³/mol.